The lowest BCUT2D eigenvalue weighted by Crippen LogP contribution is -2.20. The van der Waals surface area contributed by atoms with E-state index in [1.807, 2.05) is 0 Å². The zero-order valence-electron chi connectivity index (χ0n) is 9.57. The van der Waals surface area contributed by atoms with E-state index < -0.39 is 5.82 Å². The average molecular weight is 235 g/mol. The van der Waals surface area contributed by atoms with Gasteiger partial charge in [-0.2, -0.15) is 0 Å². The summed E-state index contributed by atoms with van der Waals surface area (Å²) >= 11 is 0. The number of halogens is 1. The number of methoxy groups -OCH3 is 1. The number of amides is 1. The number of carbonyl (C=O) groups excluding carboxylic acids is 1. The smallest absolute Gasteiger partial charge is 0.244 e. The van der Waals surface area contributed by atoms with Gasteiger partial charge in [-0.15, -0.1) is 6.58 Å². The van der Waals surface area contributed by atoms with Crippen molar-refractivity contribution in [3.05, 3.63) is 48.3 Å². The Hall–Kier alpha value is -2.10. The summed E-state index contributed by atoms with van der Waals surface area (Å²) in [6.45, 7) is 3.88. The predicted molar refractivity (Wildman–Crippen MR) is 65.2 cm³/mol. The number of rotatable bonds is 5. The Morgan fingerprint density at radius 3 is 2.94 bits per heavy atom. The fraction of sp³-hybridized carbons (Fsp3) is 0.154. The molecule has 0 aliphatic heterocycles. The number of hydrogen-bond acceptors (Lipinski definition) is 2. The van der Waals surface area contributed by atoms with Gasteiger partial charge in [-0.3, -0.25) is 4.79 Å². The maximum absolute atomic E-state index is 13.3. The maximum atomic E-state index is 13.3. The second-order valence-electron chi connectivity index (χ2n) is 3.26. The molecule has 1 aromatic carbocycles. The van der Waals surface area contributed by atoms with Gasteiger partial charge in [-0.05, 0) is 23.8 Å². The van der Waals surface area contributed by atoms with E-state index >= 15 is 0 Å². The minimum atomic E-state index is -0.457. The van der Waals surface area contributed by atoms with Crippen LogP contribution in [0.25, 0.3) is 6.08 Å². The van der Waals surface area contributed by atoms with Gasteiger partial charge in [0.15, 0.2) is 11.6 Å². The molecule has 0 spiro atoms. The second-order valence-corrected chi connectivity index (χ2v) is 3.26. The summed E-state index contributed by atoms with van der Waals surface area (Å²) in [7, 11) is 1.40. The van der Waals surface area contributed by atoms with Crippen molar-refractivity contribution in [2.45, 2.75) is 0 Å². The summed E-state index contributed by atoms with van der Waals surface area (Å²) in [5.41, 5.74) is 0.594. The summed E-state index contributed by atoms with van der Waals surface area (Å²) in [4.78, 5) is 11.2. The summed E-state index contributed by atoms with van der Waals surface area (Å²) in [5, 5.41) is 2.58. The standard InChI is InChI=1S/C13H14FNO2/c1-3-8-15-13(16)7-5-10-4-6-12(17-2)11(14)9-10/h3-7,9H,1,8H2,2H3,(H,15,16)/b7-5+. The third-order valence-corrected chi connectivity index (χ3v) is 2.02. The van der Waals surface area contributed by atoms with Crippen molar-refractivity contribution in [1.82, 2.24) is 5.32 Å². The van der Waals surface area contributed by atoms with Gasteiger partial charge in [0, 0.05) is 12.6 Å². The summed E-state index contributed by atoms with van der Waals surface area (Å²) in [6, 6.07) is 4.48. The van der Waals surface area contributed by atoms with E-state index in [0.717, 1.165) is 0 Å². The number of carbonyl (C=O) groups is 1. The molecule has 0 aromatic heterocycles. The Labute approximate surface area is 99.6 Å². The van der Waals surface area contributed by atoms with Gasteiger partial charge >= 0.3 is 0 Å². The van der Waals surface area contributed by atoms with Gasteiger partial charge < -0.3 is 10.1 Å². The molecule has 0 atom stereocenters. The van der Waals surface area contributed by atoms with Crippen LogP contribution in [0.5, 0.6) is 5.75 Å². The van der Waals surface area contributed by atoms with E-state index in [0.29, 0.717) is 12.1 Å². The first-order chi connectivity index (χ1) is 8.17. The van der Waals surface area contributed by atoms with Crippen molar-refractivity contribution < 1.29 is 13.9 Å². The van der Waals surface area contributed by atoms with Gasteiger partial charge in [0.1, 0.15) is 0 Å². The number of benzene rings is 1. The van der Waals surface area contributed by atoms with Crippen molar-refractivity contribution in [2.24, 2.45) is 0 Å². The van der Waals surface area contributed by atoms with Crippen LogP contribution in [0.4, 0.5) is 4.39 Å². The summed E-state index contributed by atoms with van der Waals surface area (Å²) in [6.07, 6.45) is 4.45. The molecule has 1 aromatic rings. The van der Waals surface area contributed by atoms with Crippen molar-refractivity contribution in [2.75, 3.05) is 13.7 Å². The Bertz CT molecular complexity index is 441. The van der Waals surface area contributed by atoms with Crippen LogP contribution in [0.15, 0.2) is 36.9 Å². The zero-order chi connectivity index (χ0) is 12.7. The molecule has 1 rings (SSSR count). The first-order valence-corrected chi connectivity index (χ1v) is 5.07. The third kappa shape index (κ3) is 4.10. The lowest BCUT2D eigenvalue weighted by molar-refractivity contribution is -0.116. The van der Waals surface area contributed by atoms with Crippen LogP contribution in [-0.2, 0) is 4.79 Å². The molecule has 0 heterocycles. The molecule has 0 aliphatic rings. The minimum Gasteiger partial charge on any atom is -0.494 e. The number of nitrogens with one attached hydrogen (secondary N) is 1. The molecule has 0 unspecified atom stereocenters. The lowest BCUT2D eigenvalue weighted by Gasteiger charge is -2.01. The fourth-order valence-electron chi connectivity index (χ4n) is 1.19. The van der Waals surface area contributed by atoms with Crippen LogP contribution < -0.4 is 10.1 Å². The van der Waals surface area contributed by atoms with Crippen molar-refractivity contribution in [3.63, 3.8) is 0 Å². The van der Waals surface area contributed by atoms with E-state index in [-0.39, 0.29) is 11.7 Å². The minimum absolute atomic E-state index is 0.179. The third-order valence-electron chi connectivity index (χ3n) is 2.02. The van der Waals surface area contributed by atoms with Crippen molar-refractivity contribution in [1.29, 1.82) is 0 Å². The Morgan fingerprint density at radius 1 is 1.59 bits per heavy atom. The molecule has 90 valence electrons. The van der Waals surface area contributed by atoms with Crippen LogP contribution in [0.3, 0.4) is 0 Å². The molecule has 1 N–H and O–H groups in total. The zero-order valence-corrected chi connectivity index (χ0v) is 9.57. The van der Waals surface area contributed by atoms with E-state index in [9.17, 15) is 9.18 Å². The van der Waals surface area contributed by atoms with Crippen LogP contribution in [-0.4, -0.2) is 19.6 Å². The second kappa shape index (κ2) is 6.48. The maximum Gasteiger partial charge on any atom is 0.244 e. The first kappa shape index (κ1) is 13.0. The Balaban J connectivity index is 2.68. The van der Waals surface area contributed by atoms with E-state index in [1.165, 1.54) is 31.4 Å². The lowest BCUT2D eigenvalue weighted by atomic mass is 10.2. The topological polar surface area (TPSA) is 38.3 Å². The van der Waals surface area contributed by atoms with Gasteiger partial charge in [0.05, 0.1) is 7.11 Å². The first-order valence-electron chi connectivity index (χ1n) is 5.07. The molecule has 17 heavy (non-hydrogen) atoms. The Morgan fingerprint density at radius 2 is 2.35 bits per heavy atom. The van der Waals surface area contributed by atoms with Gasteiger partial charge in [-0.1, -0.05) is 12.1 Å². The molecule has 4 heteroatoms. The highest BCUT2D eigenvalue weighted by atomic mass is 19.1. The van der Waals surface area contributed by atoms with E-state index in [2.05, 4.69) is 11.9 Å². The molecule has 0 bridgehead atoms. The Kier molecular flexibility index (Phi) is 4.94. The molecule has 0 saturated carbocycles. The van der Waals surface area contributed by atoms with Crippen LogP contribution in [0, 0.1) is 5.82 Å². The van der Waals surface area contributed by atoms with Crippen molar-refractivity contribution in [3.8, 4) is 5.75 Å². The highest BCUT2D eigenvalue weighted by molar-refractivity contribution is 5.91. The SMILES string of the molecule is C=CCNC(=O)/C=C/c1ccc(OC)c(F)c1. The monoisotopic (exact) mass is 235 g/mol. The predicted octanol–water partition coefficient (Wildman–Crippen LogP) is 2.15. The summed E-state index contributed by atoms with van der Waals surface area (Å²) in [5.74, 6) is -0.527. The molecule has 0 radical (unpaired) electrons. The fourth-order valence-corrected chi connectivity index (χ4v) is 1.19. The van der Waals surface area contributed by atoms with E-state index in [1.54, 1.807) is 12.1 Å². The molecule has 0 aliphatic carbocycles. The quantitative estimate of drug-likeness (QED) is 0.627. The summed E-state index contributed by atoms with van der Waals surface area (Å²) < 4.78 is 18.1. The molecular formula is C13H14FNO2. The molecule has 0 fully saturated rings. The van der Waals surface area contributed by atoms with Gasteiger partial charge in [0.25, 0.3) is 0 Å². The van der Waals surface area contributed by atoms with Crippen molar-refractivity contribution >= 4 is 12.0 Å². The highest BCUT2D eigenvalue weighted by Gasteiger charge is 2.01. The number of hydrogen-bond donors (Lipinski definition) is 1. The largest absolute Gasteiger partial charge is 0.494 e. The normalized spacial score (nSPS) is 10.2. The van der Waals surface area contributed by atoms with Gasteiger partial charge in [-0.25, -0.2) is 4.39 Å². The highest BCUT2D eigenvalue weighted by Crippen LogP contribution is 2.18. The molecular weight excluding hydrogens is 221 g/mol. The van der Waals surface area contributed by atoms with Gasteiger partial charge in [0.2, 0.25) is 5.91 Å². The van der Waals surface area contributed by atoms with Crippen LogP contribution in [0.2, 0.25) is 0 Å². The molecule has 0 saturated heterocycles. The van der Waals surface area contributed by atoms with E-state index in [4.69, 9.17) is 4.74 Å². The number of ether oxygens (including phenoxy) is 1. The van der Waals surface area contributed by atoms with Crippen LogP contribution >= 0.6 is 0 Å². The molecule has 1 amide bonds. The average Bonchev–Trinajstić information content (AvgIpc) is 2.34. The van der Waals surface area contributed by atoms with Crippen LogP contribution in [0.1, 0.15) is 5.56 Å². The molecule has 3 nitrogen and oxygen atoms in total.